The quantitative estimate of drug-likeness (QED) is 0.802. The molecule has 0 saturated heterocycles. The van der Waals surface area contributed by atoms with Crippen LogP contribution in [0.4, 0.5) is 0 Å². The van der Waals surface area contributed by atoms with Gasteiger partial charge in [0.2, 0.25) is 5.66 Å². The molecule has 0 saturated carbocycles. The van der Waals surface area contributed by atoms with Crippen LogP contribution in [0.2, 0.25) is 0 Å². The van der Waals surface area contributed by atoms with Gasteiger partial charge >= 0.3 is 0 Å². The molecular formula is C18H18N2O. The van der Waals surface area contributed by atoms with Crippen LogP contribution in [0.25, 0.3) is 6.20 Å². The third-order valence-electron chi connectivity index (χ3n) is 3.82. The van der Waals surface area contributed by atoms with Gasteiger partial charge < -0.3 is 4.90 Å². The molecule has 1 atom stereocenters. The van der Waals surface area contributed by atoms with E-state index in [2.05, 4.69) is 13.8 Å². The van der Waals surface area contributed by atoms with Gasteiger partial charge in [-0.05, 0) is 19.9 Å². The van der Waals surface area contributed by atoms with Crippen LogP contribution in [0.5, 0.6) is 0 Å². The van der Waals surface area contributed by atoms with Crippen molar-refractivity contribution in [3.8, 4) is 0 Å². The molecule has 2 aromatic carbocycles. The summed E-state index contributed by atoms with van der Waals surface area (Å²) >= 11 is 0. The summed E-state index contributed by atoms with van der Waals surface area (Å²) in [6, 6.07) is 17.8. The van der Waals surface area contributed by atoms with Crippen molar-refractivity contribution in [1.29, 1.82) is 0 Å². The average Bonchev–Trinajstić information content (AvgIpc) is 2.54. The smallest absolute Gasteiger partial charge is 0.214 e. The minimum Gasteiger partial charge on any atom is -0.341 e. The molecule has 2 aromatic rings. The molecule has 1 aliphatic rings. The number of para-hydroxylation sites is 1. The first kappa shape index (κ1) is 13.6. The fourth-order valence-electron chi connectivity index (χ4n) is 2.78. The number of hydrogen-bond donors (Lipinski definition) is 0. The minimum absolute atomic E-state index is 0.160. The van der Waals surface area contributed by atoms with Crippen LogP contribution in [0.15, 0.2) is 59.6 Å². The van der Waals surface area contributed by atoms with Crippen molar-refractivity contribution in [3.05, 3.63) is 70.7 Å². The van der Waals surface area contributed by atoms with Crippen LogP contribution in [0.1, 0.15) is 19.4 Å². The third-order valence-corrected chi connectivity index (χ3v) is 3.82. The Morgan fingerprint density at radius 3 is 2.38 bits per heavy atom. The number of rotatable bonds is 3. The van der Waals surface area contributed by atoms with Gasteiger partial charge in [-0.25, -0.2) is 4.99 Å². The van der Waals surface area contributed by atoms with Crippen molar-refractivity contribution in [1.82, 2.24) is 4.90 Å². The largest absolute Gasteiger partial charge is 0.341 e. The fourth-order valence-corrected chi connectivity index (χ4v) is 2.78. The Hall–Kier alpha value is -2.42. The number of nitrogens with zero attached hydrogens (tertiary/aromatic N) is 2. The molecule has 0 bridgehead atoms. The van der Waals surface area contributed by atoms with Crippen molar-refractivity contribution in [2.24, 2.45) is 4.99 Å². The number of hydrogen-bond acceptors (Lipinski definition) is 3. The predicted octanol–water partition coefficient (Wildman–Crippen LogP) is 1.82. The van der Waals surface area contributed by atoms with Crippen molar-refractivity contribution >= 4 is 12.5 Å². The first-order valence-corrected chi connectivity index (χ1v) is 7.14. The van der Waals surface area contributed by atoms with E-state index in [1.807, 2.05) is 65.7 Å². The van der Waals surface area contributed by atoms with E-state index in [4.69, 9.17) is 4.99 Å². The van der Waals surface area contributed by atoms with Gasteiger partial charge in [0.1, 0.15) is 0 Å². The normalized spacial score (nSPS) is 20.4. The summed E-state index contributed by atoms with van der Waals surface area (Å²) < 4.78 is 0. The van der Waals surface area contributed by atoms with Crippen LogP contribution >= 0.6 is 0 Å². The highest BCUT2D eigenvalue weighted by Gasteiger charge is 2.39. The first-order chi connectivity index (χ1) is 10.2. The highest BCUT2D eigenvalue weighted by Crippen LogP contribution is 2.31. The Labute approximate surface area is 124 Å². The Balaban J connectivity index is 2.32. The highest BCUT2D eigenvalue weighted by atomic mass is 16.1. The second-order valence-corrected chi connectivity index (χ2v) is 5.51. The Morgan fingerprint density at radius 1 is 1.05 bits per heavy atom. The lowest BCUT2D eigenvalue weighted by atomic mass is 9.96. The lowest BCUT2D eigenvalue weighted by molar-refractivity contribution is -0.118. The fraction of sp³-hybridized carbons (Fsp3) is 0.222. The number of carbonyl (C=O) groups is 1. The molecule has 21 heavy (non-hydrogen) atoms. The summed E-state index contributed by atoms with van der Waals surface area (Å²) in [5.41, 5.74) is -0.0940. The number of aldehydes is 1. The summed E-state index contributed by atoms with van der Waals surface area (Å²) in [6.07, 6.45) is 2.98. The Morgan fingerprint density at radius 2 is 1.71 bits per heavy atom. The number of benzene rings is 2. The molecule has 0 amide bonds. The monoisotopic (exact) mass is 278 g/mol. The number of fused-ring (bicyclic) bond motifs is 1. The highest BCUT2D eigenvalue weighted by molar-refractivity contribution is 5.69. The van der Waals surface area contributed by atoms with E-state index in [-0.39, 0.29) is 6.04 Å². The van der Waals surface area contributed by atoms with Gasteiger partial charge in [-0.3, -0.25) is 4.79 Å². The summed E-state index contributed by atoms with van der Waals surface area (Å²) in [4.78, 5) is 18.9. The van der Waals surface area contributed by atoms with E-state index in [1.54, 1.807) is 0 Å². The summed E-state index contributed by atoms with van der Waals surface area (Å²) in [6.45, 7) is 4.14. The van der Waals surface area contributed by atoms with Crippen LogP contribution in [-0.2, 0) is 10.5 Å². The summed E-state index contributed by atoms with van der Waals surface area (Å²) in [5, 5.41) is 1.89. The topological polar surface area (TPSA) is 32.7 Å². The maximum absolute atomic E-state index is 12.1. The second kappa shape index (κ2) is 5.17. The maximum atomic E-state index is 12.1. The standard InChI is InChI=1S/C18H18N2O/c1-14(2)20-12-15-8-6-7-11-17(15)19-18(20,13-21)16-9-4-3-5-10-16/h3-14H,1-2H3. The minimum atomic E-state index is -0.982. The van der Waals surface area contributed by atoms with E-state index in [9.17, 15) is 4.79 Å². The van der Waals surface area contributed by atoms with Gasteiger partial charge in [-0.15, -0.1) is 0 Å². The molecule has 3 rings (SSSR count). The molecule has 106 valence electrons. The zero-order valence-electron chi connectivity index (χ0n) is 12.2. The summed E-state index contributed by atoms with van der Waals surface area (Å²) in [7, 11) is 0. The van der Waals surface area contributed by atoms with Gasteiger partial charge in [0, 0.05) is 23.0 Å². The molecule has 1 unspecified atom stereocenters. The lowest BCUT2D eigenvalue weighted by Crippen LogP contribution is -2.53. The van der Waals surface area contributed by atoms with Gasteiger partial charge in [0.15, 0.2) is 6.29 Å². The van der Waals surface area contributed by atoms with Gasteiger partial charge in [-0.2, -0.15) is 0 Å². The molecule has 3 heteroatoms. The molecule has 0 radical (unpaired) electrons. The SMILES string of the molecule is CC(C)N1C=c2ccccc2=NC1(C=O)c1ccccc1. The Kier molecular flexibility index (Phi) is 3.34. The van der Waals surface area contributed by atoms with Crippen LogP contribution < -0.4 is 10.6 Å². The van der Waals surface area contributed by atoms with Gasteiger partial charge in [0.25, 0.3) is 0 Å². The zero-order chi connectivity index (χ0) is 14.9. The van der Waals surface area contributed by atoms with Crippen molar-refractivity contribution < 1.29 is 4.79 Å². The molecule has 0 N–H and O–H groups in total. The molecular weight excluding hydrogens is 260 g/mol. The lowest BCUT2D eigenvalue weighted by Gasteiger charge is -2.41. The van der Waals surface area contributed by atoms with Crippen molar-refractivity contribution in [2.75, 3.05) is 0 Å². The van der Waals surface area contributed by atoms with Gasteiger partial charge in [0.05, 0.1) is 5.36 Å². The molecule has 0 fully saturated rings. The van der Waals surface area contributed by atoms with E-state index in [0.717, 1.165) is 22.4 Å². The predicted molar refractivity (Wildman–Crippen MR) is 82.8 cm³/mol. The average molecular weight is 278 g/mol. The maximum Gasteiger partial charge on any atom is 0.214 e. The van der Waals surface area contributed by atoms with Crippen molar-refractivity contribution in [2.45, 2.75) is 25.6 Å². The number of carbonyl (C=O) groups excluding carboxylic acids is 1. The van der Waals surface area contributed by atoms with Crippen LogP contribution in [-0.4, -0.2) is 17.2 Å². The van der Waals surface area contributed by atoms with E-state index in [0.29, 0.717) is 0 Å². The van der Waals surface area contributed by atoms with Gasteiger partial charge in [-0.1, -0.05) is 48.5 Å². The summed E-state index contributed by atoms with van der Waals surface area (Å²) in [5.74, 6) is 0. The molecule has 0 aliphatic carbocycles. The zero-order valence-corrected chi connectivity index (χ0v) is 12.2. The molecule has 1 aliphatic heterocycles. The van der Waals surface area contributed by atoms with Crippen LogP contribution in [0, 0.1) is 0 Å². The molecule has 3 nitrogen and oxygen atoms in total. The third kappa shape index (κ3) is 2.15. The molecule has 0 aromatic heterocycles. The van der Waals surface area contributed by atoms with E-state index >= 15 is 0 Å². The van der Waals surface area contributed by atoms with E-state index < -0.39 is 5.66 Å². The first-order valence-electron chi connectivity index (χ1n) is 7.14. The molecule has 0 spiro atoms. The van der Waals surface area contributed by atoms with Crippen molar-refractivity contribution in [3.63, 3.8) is 0 Å². The van der Waals surface area contributed by atoms with Crippen LogP contribution in [0.3, 0.4) is 0 Å². The van der Waals surface area contributed by atoms with E-state index in [1.165, 1.54) is 0 Å². The second-order valence-electron chi connectivity index (χ2n) is 5.51. The Bertz CT molecular complexity index is 767. The molecule has 1 heterocycles.